The Morgan fingerprint density at radius 2 is 1.80 bits per heavy atom. The molecule has 1 aromatic carbocycles. The van der Waals surface area contributed by atoms with Gasteiger partial charge in [-0.3, -0.25) is 9.59 Å². The Morgan fingerprint density at radius 1 is 1.10 bits per heavy atom. The van der Waals surface area contributed by atoms with E-state index in [0.29, 0.717) is 13.1 Å². The molecule has 2 heterocycles. The summed E-state index contributed by atoms with van der Waals surface area (Å²) >= 11 is 0. The van der Waals surface area contributed by atoms with Crippen LogP contribution in [0, 0.1) is 0 Å². The summed E-state index contributed by atoms with van der Waals surface area (Å²) in [6.45, 7) is 1.16. The summed E-state index contributed by atoms with van der Waals surface area (Å²) in [5, 5.41) is 0. The minimum Gasteiger partial charge on any atom is -0.364 e. The van der Waals surface area contributed by atoms with Crippen LogP contribution in [-0.4, -0.2) is 60.2 Å². The van der Waals surface area contributed by atoms with E-state index in [1.807, 2.05) is 18.2 Å². The summed E-state index contributed by atoms with van der Waals surface area (Å²) < 4.78 is 28.7. The molecule has 1 aliphatic heterocycles. The van der Waals surface area contributed by atoms with Crippen LogP contribution in [0.5, 0.6) is 0 Å². The Balaban J connectivity index is 1.46. The molecule has 1 atom stereocenters. The van der Waals surface area contributed by atoms with Crippen molar-refractivity contribution in [1.82, 2.24) is 13.8 Å². The maximum absolute atomic E-state index is 13.2. The molecule has 9 heteroatoms. The highest BCUT2D eigenvalue weighted by atomic mass is 32.2. The zero-order valence-corrected chi connectivity index (χ0v) is 17.8. The second-order valence-electron chi connectivity index (χ2n) is 7.91. The molecular weight excluding hydrogens is 404 g/mol. The molecule has 1 fully saturated rings. The number of aryl methyl sites for hydroxylation is 2. The number of fused-ring (bicyclic) bond motifs is 1. The largest absolute Gasteiger partial charge is 0.364 e. The SMILES string of the molecule is Cn1cc(S(=O)(=O)N2CCN(C(=O)C3CCCc4ccccc43)CC2)cc1C(N)=O. The van der Waals surface area contributed by atoms with Crippen LogP contribution in [0.1, 0.15) is 40.4 Å². The third-order valence-corrected chi connectivity index (χ3v) is 7.95. The molecule has 1 unspecified atom stereocenters. The van der Waals surface area contributed by atoms with Crippen LogP contribution >= 0.6 is 0 Å². The van der Waals surface area contributed by atoms with E-state index in [0.717, 1.165) is 24.8 Å². The van der Waals surface area contributed by atoms with Crippen molar-refractivity contribution in [3.63, 3.8) is 0 Å². The third-order valence-electron chi connectivity index (χ3n) is 6.09. The summed E-state index contributed by atoms with van der Waals surface area (Å²) in [5.74, 6) is -0.748. The molecule has 1 saturated heterocycles. The molecule has 4 rings (SSSR count). The molecule has 2 aromatic rings. The average Bonchev–Trinajstić information content (AvgIpc) is 3.16. The number of carbonyl (C=O) groups excluding carboxylic acids is 2. The molecule has 0 saturated carbocycles. The van der Waals surface area contributed by atoms with Crippen molar-refractivity contribution in [2.45, 2.75) is 30.1 Å². The Hall–Kier alpha value is -2.65. The van der Waals surface area contributed by atoms with Crippen LogP contribution in [0.15, 0.2) is 41.4 Å². The van der Waals surface area contributed by atoms with Gasteiger partial charge in [0.25, 0.3) is 5.91 Å². The first kappa shape index (κ1) is 20.6. The van der Waals surface area contributed by atoms with Gasteiger partial charge in [0, 0.05) is 39.4 Å². The van der Waals surface area contributed by atoms with E-state index in [2.05, 4.69) is 6.07 Å². The Kier molecular flexibility index (Phi) is 5.42. The van der Waals surface area contributed by atoms with E-state index in [1.54, 1.807) is 11.9 Å². The minimum atomic E-state index is -3.75. The van der Waals surface area contributed by atoms with Gasteiger partial charge in [0.15, 0.2) is 0 Å². The van der Waals surface area contributed by atoms with E-state index in [4.69, 9.17) is 5.73 Å². The Bertz CT molecular complexity index is 1080. The molecule has 2 aliphatic rings. The van der Waals surface area contributed by atoms with Gasteiger partial charge in [-0.25, -0.2) is 8.42 Å². The van der Waals surface area contributed by atoms with Gasteiger partial charge >= 0.3 is 0 Å². The second kappa shape index (κ2) is 7.88. The number of rotatable bonds is 4. The van der Waals surface area contributed by atoms with Crippen molar-refractivity contribution in [3.05, 3.63) is 53.3 Å². The van der Waals surface area contributed by atoms with E-state index < -0.39 is 15.9 Å². The van der Waals surface area contributed by atoms with Gasteiger partial charge in [-0.05, 0) is 36.5 Å². The number of nitrogens with two attached hydrogens (primary N) is 1. The maximum Gasteiger partial charge on any atom is 0.265 e. The van der Waals surface area contributed by atoms with E-state index in [9.17, 15) is 18.0 Å². The van der Waals surface area contributed by atoms with Crippen LogP contribution in [0.2, 0.25) is 0 Å². The first-order chi connectivity index (χ1) is 14.3. The van der Waals surface area contributed by atoms with Gasteiger partial charge in [-0.15, -0.1) is 0 Å². The number of aromatic nitrogens is 1. The molecule has 30 heavy (non-hydrogen) atoms. The van der Waals surface area contributed by atoms with Crippen molar-refractivity contribution >= 4 is 21.8 Å². The first-order valence-electron chi connectivity index (χ1n) is 10.1. The second-order valence-corrected chi connectivity index (χ2v) is 9.85. The van der Waals surface area contributed by atoms with Crippen molar-refractivity contribution in [2.75, 3.05) is 26.2 Å². The standard InChI is InChI=1S/C21H26N4O4S/c1-23-14-16(13-19(23)20(22)26)30(28,29)25-11-9-24(10-12-25)21(27)18-8-4-6-15-5-2-3-7-17(15)18/h2-3,5,7,13-14,18H,4,6,8-12H2,1H3,(H2,22,26). The molecule has 2 N–H and O–H groups in total. The first-order valence-corrected chi connectivity index (χ1v) is 11.6. The number of amides is 2. The quantitative estimate of drug-likeness (QED) is 0.783. The predicted molar refractivity (Wildman–Crippen MR) is 111 cm³/mol. The number of piperazine rings is 1. The molecule has 1 aromatic heterocycles. The summed E-state index contributed by atoms with van der Waals surface area (Å²) in [6, 6.07) is 9.38. The van der Waals surface area contributed by atoms with Crippen molar-refractivity contribution in [1.29, 1.82) is 0 Å². The molecule has 8 nitrogen and oxygen atoms in total. The van der Waals surface area contributed by atoms with E-state index in [1.165, 1.54) is 26.7 Å². The Morgan fingerprint density at radius 3 is 2.47 bits per heavy atom. The van der Waals surface area contributed by atoms with Crippen LogP contribution in [0.4, 0.5) is 0 Å². The van der Waals surface area contributed by atoms with Crippen molar-refractivity contribution in [2.24, 2.45) is 12.8 Å². The maximum atomic E-state index is 13.2. The number of sulfonamides is 1. The molecular formula is C21H26N4O4S. The lowest BCUT2D eigenvalue weighted by molar-refractivity contribution is -0.134. The fourth-order valence-electron chi connectivity index (χ4n) is 4.45. The van der Waals surface area contributed by atoms with E-state index >= 15 is 0 Å². The fourth-order valence-corrected chi connectivity index (χ4v) is 5.94. The zero-order chi connectivity index (χ0) is 21.5. The lowest BCUT2D eigenvalue weighted by Crippen LogP contribution is -2.51. The third kappa shape index (κ3) is 3.63. The van der Waals surface area contributed by atoms with Crippen LogP contribution in [0.25, 0.3) is 0 Å². The summed E-state index contributed by atoms with van der Waals surface area (Å²) in [7, 11) is -2.17. The molecule has 2 amide bonds. The summed E-state index contributed by atoms with van der Waals surface area (Å²) in [6.07, 6.45) is 4.20. The van der Waals surface area contributed by atoms with E-state index in [-0.39, 0.29) is 35.5 Å². The van der Waals surface area contributed by atoms with Gasteiger partial charge in [0.2, 0.25) is 15.9 Å². The summed E-state index contributed by atoms with van der Waals surface area (Å²) in [5.41, 5.74) is 7.77. The van der Waals surface area contributed by atoms with Gasteiger partial charge in [-0.1, -0.05) is 24.3 Å². The smallest absolute Gasteiger partial charge is 0.265 e. The Labute approximate surface area is 176 Å². The van der Waals surface area contributed by atoms with Crippen molar-refractivity contribution < 1.29 is 18.0 Å². The topological polar surface area (TPSA) is 106 Å². The highest BCUT2D eigenvalue weighted by molar-refractivity contribution is 7.89. The fraction of sp³-hybridized carbons (Fsp3) is 0.429. The number of nitrogens with zero attached hydrogens (tertiary/aromatic N) is 3. The lowest BCUT2D eigenvalue weighted by atomic mass is 9.82. The number of carbonyl (C=O) groups is 2. The number of primary amides is 1. The number of hydrogen-bond donors (Lipinski definition) is 1. The number of benzene rings is 1. The molecule has 0 spiro atoms. The molecule has 0 bridgehead atoms. The van der Waals surface area contributed by atoms with Gasteiger partial charge in [0.05, 0.1) is 5.92 Å². The van der Waals surface area contributed by atoms with Gasteiger partial charge < -0.3 is 15.2 Å². The van der Waals surface area contributed by atoms with Crippen molar-refractivity contribution in [3.8, 4) is 0 Å². The van der Waals surface area contributed by atoms with Crippen LogP contribution < -0.4 is 5.73 Å². The highest BCUT2D eigenvalue weighted by Gasteiger charge is 2.35. The minimum absolute atomic E-state index is 0.0415. The monoisotopic (exact) mass is 430 g/mol. The average molecular weight is 431 g/mol. The normalized spacial score (nSPS) is 20.0. The van der Waals surface area contributed by atoms with Gasteiger partial charge in [-0.2, -0.15) is 4.31 Å². The summed E-state index contributed by atoms with van der Waals surface area (Å²) in [4.78, 5) is 26.4. The highest BCUT2D eigenvalue weighted by Crippen LogP contribution is 2.33. The van der Waals surface area contributed by atoms with Crippen LogP contribution in [0.3, 0.4) is 0 Å². The zero-order valence-electron chi connectivity index (χ0n) is 17.0. The molecule has 1 aliphatic carbocycles. The molecule has 0 radical (unpaired) electrons. The van der Waals surface area contributed by atoms with Gasteiger partial charge in [0.1, 0.15) is 10.6 Å². The van der Waals surface area contributed by atoms with Crippen LogP contribution in [-0.2, 0) is 28.3 Å². The molecule has 160 valence electrons. The lowest BCUT2D eigenvalue weighted by Gasteiger charge is -2.37. The predicted octanol–water partition coefficient (Wildman–Crippen LogP) is 1.08. The number of hydrogen-bond acceptors (Lipinski definition) is 4.